The molecule has 3 rings (SSSR count). The molecule has 3 heterocycles. The van der Waals surface area contributed by atoms with Crippen LogP contribution in [0, 0.1) is 0 Å². The lowest BCUT2D eigenvalue weighted by Crippen LogP contribution is -2.44. The summed E-state index contributed by atoms with van der Waals surface area (Å²) in [5, 5.41) is 6.02. The maximum absolute atomic E-state index is 12.2. The summed E-state index contributed by atoms with van der Waals surface area (Å²) < 4.78 is 11.7. The molecule has 2 aromatic rings. The van der Waals surface area contributed by atoms with Gasteiger partial charge in [-0.1, -0.05) is 6.07 Å². The van der Waals surface area contributed by atoms with Crippen LogP contribution in [0.4, 0.5) is 0 Å². The molecule has 7 nitrogen and oxygen atoms in total. The van der Waals surface area contributed by atoms with E-state index >= 15 is 0 Å². The van der Waals surface area contributed by atoms with Crippen LogP contribution in [0.2, 0.25) is 0 Å². The minimum absolute atomic E-state index is 0.00252. The van der Waals surface area contributed by atoms with Gasteiger partial charge in [0.05, 0.1) is 24.1 Å². The number of aryl methyl sites for hydroxylation is 1. The monoisotopic (exact) mass is 323 g/mol. The van der Waals surface area contributed by atoms with E-state index in [2.05, 4.69) is 5.10 Å². The molecular weight excluding hydrogens is 306 g/mol. The molecule has 2 aromatic heterocycles. The number of nitrogens with zero attached hydrogens (tertiary/aromatic N) is 3. The molecule has 1 fully saturated rings. The first-order chi connectivity index (χ1) is 10.6. The van der Waals surface area contributed by atoms with Gasteiger partial charge in [-0.3, -0.25) is 4.79 Å². The summed E-state index contributed by atoms with van der Waals surface area (Å²) in [4.78, 5) is 26.5. The summed E-state index contributed by atoms with van der Waals surface area (Å²) in [5.74, 6) is -0.235. The molecule has 8 heteroatoms. The predicted molar refractivity (Wildman–Crippen MR) is 80.7 cm³/mol. The smallest absolute Gasteiger partial charge is 0.387 e. The maximum atomic E-state index is 12.2. The van der Waals surface area contributed by atoms with Gasteiger partial charge in [0.25, 0.3) is 5.89 Å². The molecule has 1 atom stereocenters. The first-order valence-electron chi connectivity index (χ1n) is 7.14. The number of carbonyl (C=O) groups excluding carboxylic acids is 1. The third kappa shape index (κ3) is 3.28. The number of hydrogen-bond donors (Lipinski definition) is 0. The molecule has 0 N–H and O–H groups in total. The Morgan fingerprint density at radius 2 is 2.41 bits per heavy atom. The molecule has 1 amide bonds. The van der Waals surface area contributed by atoms with E-state index in [0.717, 1.165) is 4.88 Å². The first-order valence-corrected chi connectivity index (χ1v) is 8.02. The quantitative estimate of drug-likeness (QED) is 0.845. The molecular formula is C14H17N3O4S. The summed E-state index contributed by atoms with van der Waals surface area (Å²) in [6.07, 6.45) is 0.279. The molecule has 0 unspecified atom stereocenters. The zero-order valence-corrected chi connectivity index (χ0v) is 13.0. The number of thiophene rings is 1. The number of amides is 1. The van der Waals surface area contributed by atoms with Crippen molar-refractivity contribution < 1.29 is 13.9 Å². The van der Waals surface area contributed by atoms with Crippen molar-refractivity contribution in [2.45, 2.75) is 26.0 Å². The van der Waals surface area contributed by atoms with Crippen molar-refractivity contribution in [2.75, 3.05) is 19.7 Å². The summed E-state index contributed by atoms with van der Waals surface area (Å²) in [6.45, 7) is 3.90. The van der Waals surface area contributed by atoms with Gasteiger partial charge in [0.2, 0.25) is 5.91 Å². The number of aromatic nitrogens is 2. The van der Waals surface area contributed by atoms with E-state index in [-0.39, 0.29) is 25.0 Å². The lowest BCUT2D eigenvalue weighted by Gasteiger charge is -2.31. The Hall–Kier alpha value is -1.93. The molecule has 0 aromatic carbocycles. The van der Waals surface area contributed by atoms with E-state index in [9.17, 15) is 9.59 Å². The normalized spacial score (nSPS) is 18.6. The topological polar surface area (TPSA) is 77.6 Å². The van der Waals surface area contributed by atoms with Crippen LogP contribution >= 0.6 is 11.3 Å². The highest BCUT2D eigenvalue weighted by Crippen LogP contribution is 2.21. The molecule has 1 aliphatic heterocycles. The molecule has 1 saturated heterocycles. The fraction of sp³-hybridized carbons (Fsp3) is 0.500. The Kier molecular flexibility index (Phi) is 4.39. The van der Waals surface area contributed by atoms with Gasteiger partial charge in [0, 0.05) is 19.5 Å². The third-order valence-corrected chi connectivity index (χ3v) is 4.33. The minimum atomic E-state index is -0.536. The second kappa shape index (κ2) is 6.45. The molecule has 118 valence electrons. The summed E-state index contributed by atoms with van der Waals surface area (Å²) in [7, 11) is 0. The first kappa shape index (κ1) is 15.0. The lowest BCUT2D eigenvalue weighted by molar-refractivity contribution is -0.138. The van der Waals surface area contributed by atoms with Gasteiger partial charge in [-0.2, -0.15) is 4.68 Å². The second-order valence-corrected chi connectivity index (χ2v) is 6.09. The van der Waals surface area contributed by atoms with Crippen molar-refractivity contribution in [1.29, 1.82) is 0 Å². The Labute approximate surface area is 131 Å². The average Bonchev–Trinajstić information content (AvgIpc) is 3.14. The van der Waals surface area contributed by atoms with Crippen LogP contribution in [-0.2, 0) is 16.1 Å². The third-order valence-electron chi connectivity index (χ3n) is 3.47. The largest absolute Gasteiger partial charge is 0.437 e. The van der Waals surface area contributed by atoms with Gasteiger partial charge in [-0.25, -0.2) is 4.79 Å². The average molecular weight is 323 g/mol. The van der Waals surface area contributed by atoms with Gasteiger partial charge in [-0.05, 0) is 18.4 Å². The second-order valence-electron chi connectivity index (χ2n) is 5.14. The predicted octanol–water partition coefficient (Wildman–Crippen LogP) is 1.20. The van der Waals surface area contributed by atoms with Gasteiger partial charge >= 0.3 is 5.76 Å². The van der Waals surface area contributed by atoms with E-state index in [0.29, 0.717) is 25.6 Å². The van der Waals surface area contributed by atoms with Crippen molar-refractivity contribution in [3.8, 4) is 10.8 Å². The Bertz CT molecular complexity index is 691. The summed E-state index contributed by atoms with van der Waals surface area (Å²) in [5.41, 5.74) is 0. The van der Waals surface area contributed by atoms with Crippen LogP contribution < -0.4 is 5.76 Å². The zero-order chi connectivity index (χ0) is 15.5. The van der Waals surface area contributed by atoms with Crippen LogP contribution in [0.1, 0.15) is 13.3 Å². The van der Waals surface area contributed by atoms with E-state index < -0.39 is 5.76 Å². The van der Waals surface area contributed by atoms with Crippen LogP contribution in [0.25, 0.3) is 10.8 Å². The summed E-state index contributed by atoms with van der Waals surface area (Å²) >= 11 is 1.45. The molecule has 0 radical (unpaired) electrons. The highest BCUT2D eigenvalue weighted by molar-refractivity contribution is 7.13. The molecule has 1 aliphatic rings. The highest BCUT2D eigenvalue weighted by atomic mass is 32.1. The van der Waals surface area contributed by atoms with E-state index in [4.69, 9.17) is 9.15 Å². The van der Waals surface area contributed by atoms with Crippen LogP contribution in [0.5, 0.6) is 0 Å². The molecule has 0 saturated carbocycles. The van der Waals surface area contributed by atoms with Gasteiger partial charge < -0.3 is 14.1 Å². The summed E-state index contributed by atoms with van der Waals surface area (Å²) in [6, 6.07) is 3.70. The van der Waals surface area contributed by atoms with Gasteiger partial charge in [0.1, 0.15) is 0 Å². The Morgan fingerprint density at radius 3 is 3.14 bits per heavy atom. The van der Waals surface area contributed by atoms with Crippen LogP contribution in [0.3, 0.4) is 0 Å². The van der Waals surface area contributed by atoms with E-state index in [1.54, 1.807) is 4.90 Å². The molecule has 22 heavy (non-hydrogen) atoms. The van der Waals surface area contributed by atoms with Crippen molar-refractivity contribution >= 4 is 17.2 Å². The van der Waals surface area contributed by atoms with Crippen LogP contribution in [-0.4, -0.2) is 46.4 Å². The zero-order valence-electron chi connectivity index (χ0n) is 12.2. The maximum Gasteiger partial charge on any atom is 0.437 e. The molecule has 0 bridgehead atoms. The Morgan fingerprint density at radius 1 is 1.55 bits per heavy atom. The van der Waals surface area contributed by atoms with Crippen LogP contribution in [0.15, 0.2) is 26.7 Å². The fourth-order valence-electron chi connectivity index (χ4n) is 2.35. The standard InChI is InChI=1S/C14H17N3O4S/c1-10-9-16(6-7-20-10)12(18)4-5-17-14(19)21-13(15-17)11-3-2-8-22-11/h2-3,8,10H,4-7,9H2,1H3/t10-/m0/s1. The SMILES string of the molecule is C[C@H]1CN(C(=O)CCn2nc(-c3cccs3)oc2=O)CCO1. The van der Waals surface area contributed by atoms with Crippen molar-refractivity contribution in [1.82, 2.24) is 14.7 Å². The van der Waals surface area contributed by atoms with Gasteiger partial charge in [-0.15, -0.1) is 16.4 Å². The fourth-order valence-corrected chi connectivity index (χ4v) is 3.00. The highest BCUT2D eigenvalue weighted by Gasteiger charge is 2.21. The lowest BCUT2D eigenvalue weighted by atomic mass is 10.2. The van der Waals surface area contributed by atoms with Crippen molar-refractivity contribution in [3.63, 3.8) is 0 Å². The molecule has 0 aliphatic carbocycles. The molecule has 0 spiro atoms. The number of hydrogen-bond acceptors (Lipinski definition) is 6. The van der Waals surface area contributed by atoms with E-state index in [1.807, 2.05) is 24.4 Å². The number of carbonyl (C=O) groups is 1. The van der Waals surface area contributed by atoms with Gasteiger partial charge in [0.15, 0.2) is 0 Å². The Balaban J connectivity index is 1.62. The number of ether oxygens (including phenoxy) is 1. The van der Waals surface area contributed by atoms with Crippen molar-refractivity contribution in [2.24, 2.45) is 0 Å². The van der Waals surface area contributed by atoms with Crippen molar-refractivity contribution in [3.05, 3.63) is 28.1 Å². The number of rotatable bonds is 4. The minimum Gasteiger partial charge on any atom is -0.387 e. The van der Waals surface area contributed by atoms with E-state index in [1.165, 1.54) is 16.0 Å². The number of morpholine rings is 1.